The van der Waals surface area contributed by atoms with E-state index in [4.69, 9.17) is 4.74 Å². The Morgan fingerprint density at radius 1 is 1.03 bits per heavy atom. The van der Waals surface area contributed by atoms with Crippen LogP contribution in [-0.2, 0) is 12.5 Å². The van der Waals surface area contributed by atoms with Crippen molar-refractivity contribution >= 4 is 16.7 Å². The summed E-state index contributed by atoms with van der Waals surface area (Å²) in [5.41, 5.74) is 3.20. The first-order valence-electron chi connectivity index (χ1n) is 10.3. The molecule has 2 heterocycles. The number of benzene rings is 2. The lowest BCUT2D eigenvalue weighted by Crippen LogP contribution is -2.38. The molecular formula is C24H29N3O2. The SMILES string of the molecule is Cn1c(=O)c(C(C)(C)C)nc2ccc(N3CCC(Oc4ccccc4)CC3)cc21. The van der Waals surface area contributed by atoms with Crippen LogP contribution in [0.4, 0.5) is 5.69 Å². The summed E-state index contributed by atoms with van der Waals surface area (Å²) in [7, 11) is 1.84. The summed E-state index contributed by atoms with van der Waals surface area (Å²) in [6, 6.07) is 16.3. The van der Waals surface area contributed by atoms with Crippen LogP contribution in [0.1, 0.15) is 39.3 Å². The quantitative estimate of drug-likeness (QED) is 0.669. The number of hydrogen-bond acceptors (Lipinski definition) is 4. The van der Waals surface area contributed by atoms with E-state index >= 15 is 0 Å². The molecule has 1 aliphatic heterocycles. The number of nitrogens with zero attached hydrogens (tertiary/aromatic N) is 3. The summed E-state index contributed by atoms with van der Waals surface area (Å²) < 4.78 is 7.84. The molecule has 0 atom stereocenters. The van der Waals surface area contributed by atoms with Gasteiger partial charge in [-0.15, -0.1) is 0 Å². The van der Waals surface area contributed by atoms with Gasteiger partial charge in [-0.1, -0.05) is 39.0 Å². The molecule has 0 saturated carbocycles. The standard InChI is InChI=1S/C24H29N3O2/c1-24(2,3)22-23(28)26(4)21-16-17(10-11-20(21)25-22)27-14-12-19(13-15-27)29-18-8-6-5-7-9-18/h5-11,16,19H,12-15H2,1-4H3. The molecular weight excluding hydrogens is 362 g/mol. The number of hydrogen-bond donors (Lipinski definition) is 0. The molecule has 0 radical (unpaired) electrons. The van der Waals surface area contributed by atoms with E-state index in [1.54, 1.807) is 4.57 Å². The van der Waals surface area contributed by atoms with E-state index in [2.05, 4.69) is 22.0 Å². The van der Waals surface area contributed by atoms with Gasteiger partial charge in [-0.25, -0.2) is 4.98 Å². The molecule has 0 unspecified atom stereocenters. The Labute approximate surface area is 171 Å². The van der Waals surface area contributed by atoms with Crippen LogP contribution in [0.5, 0.6) is 5.75 Å². The summed E-state index contributed by atoms with van der Waals surface area (Å²) in [4.78, 5) is 19.9. The van der Waals surface area contributed by atoms with Gasteiger partial charge in [0.2, 0.25) is 0 Å². The molecule has 5 nitrogen and oxygen atoms in total. The molecule has 0 spiro atoms. The van der Waals surface area contributed by atoms with E-state index < -0.39 is 0 Å². The third-order valence-electron chi connectivity index (χ3n) is 5.62. The number of para-hydroxylation sites is 1. The lowest BCUT2D eigenvalue weighted by Gasteiger charge is -2.34. The molecule has 29 heavy (non-hydrogen) atoms. The van der Waals surface area contributed by atoms with Gasteiger partial charge in [0.05, 0.1) is 11.0 Å². The normalized spacial score (nSPS) is 15.7. The van der Waals surface area contributed by atoms with E-state index in [1.807, 2.05) is 64.2 Å². The Morgan fingerprint density at radius 3 is 2.38 bits per heavy atom. The number of piperidine rings is 1. The van der Waals surface area contributed by atoms with E-state index in [0.717, 1.165) is 48.4 Å². The highest BCUT2D eigenvalue weighted by molar-refractivity contribution is 5.79. The minimum absolute atomic E-state index is 0.0166. The zero-order valence-electron chi connectivity index (χ0n) is 17.7. The fourth-order valence-corrected chi connectivity index (χ4v) is 3.92. The highest BCUT2D eigenvalue weighted by Crippen LogP contribution is 2.26. The van der Waals surface area contributed by atoms with Crippen molar-refractivity contribution < 1.29 is 4.74 Å². The first-order valence-corrected chi connectivity index (χ1v) is 10.3. The van der Waals surface area contributed by atoms with Crippen LogP contribution in [0.15, 0.2) is 53.3 Å². The van der Waals surface area contributed by atoms with Crippen LogP contribution >= 0.6 is 0 Å². The average molecular weight is 392 g/mol. The molecule has 0 N–H and O–H groups in total. The minimum Gasteiger partial charge on any atom is -0.490 e. The second-order valence-corrected chi connectivity index (χ2v) is 8.86. The van der Waals surface area contributed by atoms with Crippen LogP contribution in [0.3, 0.4) is 0 Å². The van der Waals surface area contributed by atoms with Crippen molar-refractivity contribution in [1.82, 2.24) is 9.55 Å². The van der Waals surface area contributed by atoms with E-state index in [-0.39, 0.29) is 17.1 Å². The van der Waals surface area contributed by atoms with Crippen LogP contribution in [0.2, 0.25) is 0 Å². The summed E-state index contributed by atoms with van der Waals surface area (Å²) in [6.07, 6.45) is 2.20. The van der Waals surface area contributed by atoms with Gasteiger partial charge in [0.15, 0.2) is 0 Å². The molecule has 0 aliphatic carbocycles. The molecule has 0 amide bonds. The van der Waals surface area contributed by atoms with Crippen molar-refractivity contribution in [1.29, 1.82) is 0 Å². The summed E-state index contributed by atoms with van der Waals surface area (Å²) in [5.74, 6) is 0.937. The zero-order chi connectivity index (χ0) is 20.6. The second kappa shape index (κ2) is 7.54. The lowest BCUT2D eigenvalue weighted by molar-refractivity contribution is 0.171. The van der Waals surface area contributed by atoms with Crippen molar-refractivity contribution in [2.24, 2.45) is 7.05 Å². The lowest BCUT2D eigenvalue weighted by atomic mass is 9.92. The maximum atomic E-state index is 12.8. The average Bonchev–Trinajstić information content (AvgIpc) is 2.71. The van der Waals surface area contributed by atoms with E-state index in [9.17, 15) is 4.79 Å². The number of aryl methyl sites for hydroxylation is 1. The van der Waals surface area contributed by atoms with Crippen LogP contribution in [-0.4, -0.2) is 28.7 Å². The fraction of sp³-hybridized carbons (Fsp3) is 0.417. The van der Waals surface area contributed by atoms with Crippen molar-refractivity contribution in [3.63, 3.8) is 0 Å². The van der Waals surface area contributed by atoms with E-state index in [1.165, 1.54) is 0 Å². The van der Waals surface area contributed by atoms with Crippen molar-refractivity contribution in [2.45, 2.75) is 45.1 Å². The molecule has 2 aromatic carbocycles. The minimum atomic E-state index is -0.275. The predicted molar refractivity (Wildman–Crippen MR) is 118 cm³/mol. The van der Waals surface area contributed by atoms with Gasteiger partial charge in [0.25, 0.3) is 5.56 Å². The number of anilines is 1. The zero-order valence-corrected chi connectivity index (χ0v) is 17.7. The highest BCUT2D eigenvalue weighted by atomic mass is 16.5. The van der Waals surface area contributed by atoms with Gasteiger partial charge in [-0.05, 0) is 30.3 Å². The van der Waals surface area contributed by atoms with E-state index in [0.29, 0.717) is 5.69 Å². The highest BCUT2D eigenvalue weighted by Gasteiger charge is 2.24. The van der Waals surface area contributed by atoms with Crippen LogP contribution in [0, 0.1) is 0 Å². The summed E-state index contributed by atoms with van der Waals surface area (Å²) in [6.45, 7) is 7.95. The van der Waals surface area contributed by atoms with Gasteiger partial charge < -0.3 is 14.2 Å². The van der Waals surface area contributed by atoms with Gasteiger partial charge in [-0.2, -0.15) is 0 Å². The molecule has 152 valence electrons. The number of aromatic nitrogens is 2. The molecule has 4 rings (SSSR count). The Bertz CT molecular complexity index is 1060. The summed E-state index contributed by atoms with van der Waals surface area (Å²) >= 11 is 0. The van der Waals surface area contributed by atoms with Gasteiger partial charge >= 0.3 is 0 Å². The smallest absolute Gasteiger partial charge is 0.273 e. The topological polar surface area (TPSA) is 47.4 Å². The Morgan fingerprint density at radius 2 is 1.72 bits per heavy atom. The Balaban J connectivity index is 1.53. The molecule has 0 bridgehead atoms. The second-order valence-electron chi connectivity index (χ2n) is 8.86. The van der Waals surface area contributed by atoms with Crippen LogP contribution in [0.25, 0.3) is 11.0 Å². The molecule has 1 saturated heterocycles. The number of fused-ring (bicyclic) bond motifs is 1. The number of ether oxygens (including phenoxy) is 1. The molecule has 1 fully saturated rings. The van der Waals surface area contributed by atoms with Crippen molar-refractivity contribution in [3.8, 4) is 5.75 Å². The summed E-state index contributed by atoms with van der Waals surface area (Å²) in [5, 5.41) is 0. The van der Waals surface area contributed by atoms with Gasteiger partial charge in [0.1, 0.15) is 17.5 Å². The first kappa shape index (κ1) is 19.5. The third-order valence-corrected chi connectivity index (χ3v) is 5.62. The van der Waals surface area contributed by atoms with Crippen molar-refractivity contribution in [2.75, 3.05) is 18.0 Å². The third kappa shape index (κ3) is 4.00. The predicted octanol–water partition coefficient (Wildman–Crippen LogP) is 4.28. The first-order chi connectivity index (χ1) is 13.8. The molecule has 5 heteroatoms. The van der Waals surface area contributed by atoms with Crippen LogP contribution < -0.4 is 15.2 Å². The maximum Gasteiger partial charge on any atom is 0.273 e. The monoisotopic (exact) mass is 391 g/mol. The fourth-order valence-electron chi connectivity index (χ4n) is 3.92. The Hall–Kier alpha value is -2.82. The molecule has 1 aliphatic rings. The van der Waals surface area contributed by atoms with Gasteiger partial charge in [-0.3, -0.25) is 4.79 Å². The number of rotatable bonds is 3. The Kier molecular flexibility index (Phi) is 5.07. The van der Waals surface area contributed by atoms with Crippen molar-refractivity contribution in [3.05, 3.63) is 64.6 Å². The molecule has 3 aromatic rings. The van der Waals surface area contributed by atoms with Gasteiger partial charge in [0, 0.05) is 44.1 Å². The maximum absolute atomic E-state index is 12.8. The molecule has 1 aromatic heterocycles. The largest absolute Gasteiger partial charge is 0.490 e.